The Morgan fingerprint density at radius 1 is 0.549 bits per heavy atom. The highest BCUT2D eigenvalue weighted by Crippen LogP contribution is 2.37. The van der Waals surface area contributed by atoms with Gasteiger partial charge in [-0.15, -0.1) is 24.8 Å². The molecular weight excluding hydrogens is 985 g/mol. The number of nitrogens with one attached hydrogen (secondary N) is 4. The van der Waals surface area contributed by atoms with Crippen molar-refractivity contribution in [3.05, 3.63) is 119 Å². The van der Waals surface area contributed by atoms with E-state index in [0.29, 0.717) is 47.0 Å². The van der Waals surface area contributed by atoms with Crippen LogP contribution in [-0.2, 0) is 47.5 Å². The lowest BCUT2D eigenvalue weighted by Crippen LogP contribution is -2.34. The number of rotatable bonds is 14. The van der Waals surface area contributed by atoms with Gasteiger partial charge in [0.15, 0.2) is 0 Å². The van der Waals surface area contributed by atoms with Crippen molar-refractivity contribution >= 4 is 59.5 Å². The summed E-state index contributed by atoms with van der Waals surface area (Å²) in [6.07, 6.45) is -8.66. The van der Waals surface area contributed by atoms with Crippen LogP contribution in [0, 0.1) is 0 Å². The Hall–Kier alpha value is -5.98. The number of halogens is 8. The minimum absolute atomic E-state index is 0. The summed E-state index contributed by atoms with van der Waals surface area (Å²) in [6, 6.07) is 18.8. The molecule has 0 aliphatic heterocycles. The Bertz CT molecular complexity index is 2510. The van der Waals surface area contributed by atoms with Gasteiger partial charge in [-0.1, -0.05) is 31.7 Å². The second kappa shape index (κ2) is 25.4. The van der Waals surface area contributed by atoms with Gasteiger partial charge in [0.05, 0.1) is 49.0 Å². The molecule has 8 N–H and O–H groups in total. The number of fused-ring (bicyclic) bond motifs is 2. The summed E-state index contributed by atoms with van der Waals surface area (Å²) in [4.78, 5) is 24.4. The largest absolute Gasteiger partial charge is 0.433 e. The van der Waals surface area contributed by atoms with Gasteiger partial charge >= 0.3 is 12.4 Å². The summed E-state index contributed by atoms with van der Waals surface area (Å²) in [5, 5.41) is 52.3. The number of aromatic nitrogens is 6. The molecule has 384 valence electrons. The molecule has 0 amide bonds. The minimum atomic E-state index is -4.58. The zero-order valence-electron chi connectivity index (χ0n) is 37.4. The van der Waals surface area contributed by atoms with E-state index in [1.165, 1.54) is 39.0 Å². The van der Waals surface area contributed by atoms with Crippen molar-refractivity contribution in [2.75, 3.05) is 61.8 Å². The van der Waals surface area contributed by atoms with E-state index in [9.17, 15) is 46.8 Å². The summed E-state index contributed by atoms with van der Waals surface area (Å²) < 4.78 is 89.2. The van der Waals surface area contributed by atoms with Crippen molar-refractivity contribution < 1.29 is 56.2 Å². The van der Waals surface area contributed by atoms with Crippen LogP contribution in [0.1, 0.15) is 41.1 Å². The van der Waals surface area contributed by atoms with Crippen LogP contribution in [0.5, 0.6) is 0 Å². The van der Waals surface area contributed by atoms with Gasteiger partial charge in [0.1, 0.15) is 47.3 Å². The number of benzene rings is 2. The fourth-order valence-electron chi connectivity index (χ4n) is 7.66. The number of ether oxygens (including phenoxy) is 2. The van der Waals surface area contributed by atoms with Crippen LogP contribution >= 0.6 is 24.8 Å². The first kappa shape index (κ1) is 57.6. The highest BCUT2D eigenvalue weighted by Gasteiger charge is 2.35. The lowest BCUT2D eigenvalue weighted by atomic mass is 9.86. The monoisotopic (exact) mass is 1040 g/mol. The second-order valence-electron chi connectivity index (χ2n) is 15.8. The molecule has 4 aromatic heterocycles. The molecule has 0 bridgehead atoms. The predicted octanol–water partition coefficient (Wildman–Crippen LogP) is 7.84. The topological polar surface area (TPSA) is 225 Å². The average Bonchev–Trinajstić information content (AvgIpc) is 3.30. The smallest absolute Gasteiger partial charge is 0.390 e. The first-order chi connectivity index (χ1) is 32.5. The number of hydrogen-bond donors (Lipinski definition) is 8. The first-order valence-corrected chi connectivity index (χ1v) is 21.3. The zero-order chi connectivity index (χ0) is 48.6. The van der Waals surface area contributed by atoms with E-state index in [4.69, 9.17) is 9.47 Å². The van der Waals surface area contributed by atoms with E-state index >= 15 is 0 Å². The molecule has 0 unspecified atom stereocenters. The molecule has 0 saturated heterocycles. The lowest BCUT2D eigenvalue weighted by molar-refractivity contribution is -0.141. The number of hydrogen-bond acceptors (Lipinski definition) is 16. The predicted molar refractivity (Wildman–Crippen MR) is 261 cm³/mol. The van der Waals surface area contributed by atoms with Crippen molar-refractivity contribution in [1.29, 1.82) is 0 Å². The molecule has 2 aromatic carbocycles. The highest BCUT2D eigenvalue weighted by molar-refractivity contribution is 5.85. The van der Waals surface area contributed by atoms with Gasteiger partial charge in [0, 0.05) is 87.6 Å². The third-order valence-electron chi connectivity index (χ3n) is 11.1. The number of aliphatic hydroxyl groups excluding tert-OH is 4. The maximum atomic E-state index is 13.2. The summed E-state index contributed by atoms with van der Waals surface area (Å²) in [7, 11) is 2.99. The van der Waals surface area contributed by atoms with Crippen molar-refractivity contribution in [3.8, 4) is 22.5 Å². The fraction of sp³-hybridized carbons (Fsp3) is 0.362. The summed E-state index contributed by atoms with van der Waals surface area (Å²) >= 11 is 0. The number of pyridine rings is 2. The Kier molecular flexibility index (Phi) is 20.6. The molecule has 0 fully saturated rings. The van der Waals surface area contributed by atoms with Gasteiger partial charge in [-0.3, -0.25) is 0 Å². The molecule has 71 heavy (non-hydrogen) atoms. The second-order valence-corrected chi connectivity index (χ2v) is 15.8. The van der Waals surface area contributed by atoms with Gasteiger partial charge in [0.25, 0.3) is 0 Å². The molecule has 2 aliphatic carbocycles. The highest BCUT2D eigenvalue weighted by atomic mass is 35.5. The molecule has 4 atom stereocenters. The minimum Gasteiger partial charge on any atom is -0.390 e. The van der Waals surface area contributed by atoms with Crippen LogP contribution in [0.3, 0.4) is 0 Å². The van der Waals surface area contributed by atoms with Gasteiger partial charge in [-0.25, -0.2) is 29.9 Å². The third kappa shape index (κ3) is 14.6. The number of anilines is 6. The van der Waals surface area contributed by atoms with E-state index in [0.717, 1.165) is 45.8 Å². The first-order valence-electron chi connectivity index (χ1n) is 21.3. The van der Waals surface area contributed by atoms with Crippen molar-refractivity contribution in [1.82, 2.24) is 29.9 Å². The summed E-state index contributed by atoms with van der Waals surface area (Å²) in [6.45, 7) is 1.10. The maximum Gasteiger partial charge on any atom is 0.433 e. The quantitative estimate of drug-likeness (QED) is 0.0384. The van der Waals surface area contributed by atoms with Crippen molar-refractivity contribution in [3.63, 3.8) is 0 Å². The SMILES string of the molecule is C.COCCNc1nc(C(F)(F)F)ccc1-c1cc(Nc2cccc3c2C[C@@H](O)[C@@H](O)C3)ncn1.COCCNc1nc(C(F)(F)F)ccc1-c1cc(Nc2cccc3c2C[C@H](O)[C@H](O)C3)ncn1.Cl.Cl. The molecular formula is C47H54Cl2F6N10O6. The molecule has 0 saturated carbocycles. The fourth-order valence-corrected chi connectivity index (χ4v) is 7.66. The number of nitrogens with zero attached hydrogens (tertiary/aromatic N) is 6. The number of aliphatic hydroxyl groups is 4. The zero-order valence-corrected chi connectivity index (χ0v) is 39.1. The third-order valence-corrected chi connectivity index (χ3v) is 11.1. The molecule has 24 heteroatoms. The molecule has 8 rings (SSSR count). The van der Waals surface area contributed by atoms with Crippen LogP contribution in [0.15, 0.2) is 85.5 Å². The standard InChI is InChI=1S/2C23H24F3N5O3.CH4.2ClH/c2*1-34-8-7-27-22-14(5-6-20(31-22)23(24,25)26)17-11-21(29-12-28-17)30-16-4-2-3-13-9-18(32)19(33)10-15(13)16;;;/h2*2-6,11-12,18-19,32-33H,7-10H2,1H3,(H,27,31)(H,28,29,30);1H4;2*1H/t2*18-,19+;;;/m10.../s1. The van der Waals surface area contributed by atoms with E-state index in [2.05, 4.69) is 51.2 Å². The summed E-state index contributed by atoms with van der Waals surface area (Å²) in [5.74, 6) is 0.903. The van der Waals surface area contributed by atoms with E-state index in [1.807, 2.05) is 36.4 Å². The van der Waals surface area contributed by atoms with Crippen molar-refractivity contribution in [2.24, 2.45) is 0 Å². The Labute approximate surface area is 417 Å². The van der Waals surface area contributed by atoms with Gasteiger partial charge in [-0.05, 0) is 58.7 Å². The Morgan fingerprint density at radius 2 is 0.930 bits per heavy atom. The van der Waals surface area contributed by atoms with Crippen LogP contribution in [0.25, 0.3) is 22.5 Å². The van der Waals surface area contributed by atoms with Crippen LogP contribution in [-0.4, -0.2) is 115 Å². The average molecular weight is 1040 g/mol. The maximum absolute atomic E-state index is 13.2. The molecule has 0 radical (unpaired) electrons. The Morgan fingerprint density at radius 3 is 1.30 bits per heavy atom. The molecule has 2 aliphatic rings. The van der Waals surface area contributed by atoms with Gasteiger partial charge in [0.2, 0.25) is 0 Å². The van der Waals surface area contributed by atoms with E-state index in [1.54, 1.807) is 12.1 Å². The van der Waals surface area contributed by atoms with Gasteiger partial charge < -0.3 is 51.2 Å². The van der Waals surface area contributed by atoms with Crippen LogP contribution < -0.4 is 21.3 Å². The normalized spacial score (nSPS) is 17.1. The van der Waals surface area contributed by atoms with Gasteiger partial charge in [-0.2, -0.15) is 26.3 Å². The van der Waals surface area contributed by atoms with Crippen LogP contribution in [0.2, 0.25) is 0 Å². The van der Waals surface area contributed by atoms with Crippen molar-refractivity contribution in [2.45, 2.75) is 69.9 Å². The molecule has 16 nitrogen and oxygen atoms in total. The lowest BCUT2D eigenvalue weighted by Gasteiger charge is -2.27. The molecule has 4 heterocycles. The van der Waals surface area contributed by atoms with E-state index < -0.39 is 48.2 Å². The summed E-state index contributed by atoms with van der Waals surface area (Å²) in [5.41, 5.74) is 4.51. The number of alkyl halides is 6. The Balaban J connectivity index is 0.000000296. The van der Waals surface area contributed by atoms with Crippen LogP contribution in [0.4, 0.5) is 61.0 Å². The molecule has 6 aromatic rings. The number of methoxy groups -OCH3 is 2. The van der Waals surface area contributed by atoms with E-state index in [-0.39, 0.29) is 83.0 Å². The molecule has 0 spiro atoms.